The van der Waals surface area contributed by atoms with E-state index in [1.165, 1.54) is 24.1 Å². The number of alkyl halides is 1. The summed E-state index contributed by atoms with van der Waals surface area (Å²) in [6.45, 7) is 0.180. The van der Waals surface area contributed by atoms with Crippen molar-refractivity contribution in [3.05, 3.63) is 65.9 Å². The SMILES string of the molecule is CN(C(=O)CCl)[C@@H](CCC(=O)O)C(=O)N1CCCC[C@H]1C(=O)N[C@@H](Cc1c[nH]c2ccccc12)C(=O)N[C@@H](Cc1ccc(O)cc1)C(N)=O. The third-order valence-electron chi connectivity index (χ3n) is 8.75. The van der Waals surface area contributed by atoms with Crippen LogP contribution < -0.4 is 16.4 Å². The number of likely N-dealkylation sites (tertiary alicyclic amines) is 1. The number of amides is 5. The number of phenols is 1. The number of carbonyl (C=O) groups is 6. The Hall–Kier alpha value is -5.11. The van der Waals surface area contributed by atoms with Crippen LogP contribution in [-0.2, 0) is 41.6 Å². The van der Waals surface area contributed by atoms with E-state index >= 15 is 0 Å². The van der Waals surface area contributed by atoms with Gasteiger partial charge in [-0.25, -0.2) is 0 Å². The predicted octanol–water partition coefficient (Wildman–Crippen LogP) is 1.43. The average Bonchev–Trinajstić information content (AvgIpc) is 3.50. The molecule has 0 spiro atoms. The van der Waals surface area contributed by atoms with E-state index in [1.54, 1.807) is 18.3 Å². The van der Waals surface area contributed by atoms with E-state index in [0.29, 0.717) is 18.4 Å². The van der Waals surface area contributed by atoms with Crippen molar-refractivity contribution in [2.24, 2.45) is 5.73 Å². The molecular formula is C34H41ClN6O8. The van der Waals surface area contributed by atoms with Crippen molar-refractivity contribution >= 4 is 58.0 Å². The molecule has 1 fully saturated rings. The molecule has 2 heterocycles. The standard InChI is InChI=1S/C34H41ClN6O8/c1-40(29(43)18-35)28(13-14-30(44)45)34(49)41-15-5-4-8-27(41)33(48)39-26(17-21-19-37-24-7-3-2-6-23(21)24)32(47)38-25(31(36)46)16-20-9-11-22(42)12-10-20/h2-3,6-7,9-12,19,25-28,37,42H,4-5,8,13-18H2,1H3,(H2,36,46)(H,38,47)(H,39,48)(H,44,45)/t25-,26-,27-,28-/m0/s1. The van der Waals surface area contributed by atoms with Crippen LogP contribution in [0.25, 0.3) is 10.9 Å². The summed E-state index contributed by atoms with van der Waals surface area (Å²) in [4.78, 5) is 83.6. The summed E-state index contributed by atoms with van der Waals surface area (Å²) in [5.74, 6) is -4.80. The second kappa shape index (κ2) is 16.8. The lowest BCUT2D eigenvalue weighted by Crippen LogP contribution is -2.60. The highest BCUT2D eigenvalue weighted by Gasteiger charge is 2.39. The number of primary amides is 1. The van der Waals surface area contributed by atoms with Gasteiger partial charge in [0.1, 0.15) is 35.8 Å². The molecule has 2 aromatic carbocycles. The molecule has 3 aromatic rings. The van der Waals surface area contributed by atoms with E-state index in [9.17, 15) is 39.0 Å². The van der Waals surface area contributed by atoms with Crippen molar-refractivity contribution in [2.45, 2.75) is 69.1 Å². The smallest absolute Gasteiger partial charge is 0.303 e. The van der Waals surface area contributed by atoms with E-state index in [0.717, 1.165) is 21.4 Å². The first-order chi connectivity index (χ1) is 23.4. The highest BCUT2D eigenvalue weighted by Crippen LogP contribution is 2.23. The number of aromatic amines is 1. The molecule has 5 amide bonds. The maximum Gasteiger partial charge on any atom is 0.303 e. The number of carboxylic acid groups (broad SMARTS) is 1. The summed E-state index contributed by atoms with van der Waals surface area (Å²) in [5.41, 5.74) is 7.82. The summed E-state index contributed by atoms with van der Waals surface area (Å²) in [6, 6.07) is 8.99. The molecule has 7 N–H and O–H groups in total. The first-order valence-corrected chi connectivity index (χ1v) is 16.5. The van der Waals surface area contributed by atoms with Crippen LogP contribution in [0.4, 0.5) is 0 Å². The van der Waals surface area contributed by atoms with Crippen LogP contribution >= 0.6 is 11.6 Å². The lowest BCUT2D eigenvalue weighted by atomic mass is 9.97. The number of carboxylic acids is 1. The number of rotatable bonds is 15. The quantitative estimate of drug-likeness (QED) is 0.128. The van der Waals surface area contributed by atoms with Gasteiger partial charge in [0.15, 0.2) is 0 Å². The van der Waals surface area contributed by atoms with Gasteiger partial charge in [-0.2, -0.15) is 0 Å². The molecule has 14 nitrogen and oxygen atoms in total. The molecule has 0 unspecified atom stereocenters. The highest BCUT2D eigenvalue weighted by atomic mass is 35.5. The minimum absolute atomic E-state index is 0.0289. The molecule has 1 aliphatic heterocycles. The fourth-order valence-electron chi connectivity index (χ4n) is 6.03. The molecule has 1 aromatic heterocycles. The molecule has 4 rings (SSSR count). The fraction of sp³-hybridized carbons (Fsp3) is 0.412. The number of H-pyrrole nitrogens is 1. The van der Waals surface area contributed by atoms with Crippen molar-refractivity contribution in [3.63, 3.8) is 0 Å². The van der Waals surface area contributed by atoms with E-state index < -0.39 is 65.6 Å². The van der Waals surface area contributed by atoms with Gasteiger partial charge in [0.2, 0.25) is 29.5 Å². The molecule has 4 atom stereocenters. The van der Waals surface area contributed by atoms with Gasteiger partial charge in [-0.1, -0.05) is 30.3 Å². The van der Waals surface area contributed by atoms with Gasteiger partial charge in [0.25, 0.3) is 0 Å². The van der Waals surface area contributed by atoms with Gasteiger partial charge >= 0.3 is 5.97 Å². The van der Waals surface area contributed by atoms with Crippen molar-refractivity contribution in [1.29, 1.82) is 0 Å². The number of hydrogen-bond acceptors (Lipinski definition) is 7. The zero-order chi connectivity index (χ0) is 35.7. The Morgan fingerprint density at radius 2 is 1.73 bits per heavy atom. The maximum atomic E-state index is 14.0. The van der Waals surface area contributed by atoms with Gasteiger partial charge < -0.3 is 41.4 Å². The summed E-state index contributed by atoms with van der Waals surface area (Å²) >= 11 is 5.74. The number of para-hydroxylation sites is 1. The number of aromatic hydroxyl groups is 1. The number of nitrogens with one attached hydrogen (secondary N) is 3. The molecule has 262 valence electrons. The number of piperidine rings is 1. The fourth-order valence-corrected chi connectivity index (χ4v) is 6.22. The molecule has 0 radical (unpaired) electrons. The summed E-state index contributed by atoms with van der Waals surface area (Å²) in [5, 5.41) is 25.2. The summed E-state index contributed by atoms with van der Waals surface area (Å²) in [7, 11) is 1.36. The van der Waals surface area contributed by atoms with Crippen LogP contribution in [0.3, 0.4) is 0 Å². The molecular weight excluding hydrogens is 656 g/mol. The Morgan fingerprint density at radius 1 is 1.02 bits per heavy atom. The third kappa shape index (κ3) is 9.50. The van der Waals surface area contributed by atoms with Gasteiger partial charge in [-0.3, -0.25) is 28.8 Å². The largest absolute Gasteiger partial charge is 0.508 e. The van der Waals surface area contributed by atoms with Crippen LogP contribution in [0.1, 0.15) is 43.2 Å². The number of fused-ring (bicyclic) bond motifs is 1. The number of likely N-dealkylation sites (N-methyl/N-ethyl adjacent to an activating group) is 1. The Labute approximate surface area is 287 Å². The van der Waals surface area contributed by atoms with Crippen LogP contribution in [0.5, 0.6) is 5.75 Å². The van der Waals surface area contributed by atoms with Crippen LogP contribution in [0.2, 0.25) is 0 Å². The number of halogens is 1. The third-order valence-corrected chi connectivity index (χ3v) is 8.98. The lowest BCUT2D eigenvalue weighted by molar-refractivity contribution is -0.151. The molecule has 1 saturated heterocycles. The number of carbonyl (C=O) groups excluding carboxylic acids is 5. The number of aromatic nitrogens is 1. The number of nitrogens with two attached hydrogens (primary N) is 1. The first-order valence-electron chi connectivity index (χ1n) is 16.0. The second-order valence-electron chi connectivity index (χ2n) is 12.1. The number of aliphatic carboxylic acids is 1. The summed E-state index contributed by atoms with van der Waals surface area (Å²) < 4.78 is 0. The average molecular weight is 697 g/mol. The molecule has 15 heteroatoms. The van der Waals surface area contributed by atoms with Crippen molar-refractivity contribution in [1.82, 2.24) is 25.4 Å². The molecule has 0 bridgehead atoms. The van der Waals surface area contributed by atoms with Gasteiger partial charge in [0.05, 0.1) is 0 Å². The van der Waals surface area contributed by atoms with Crippen molar-refractivity contribution in [2.75, 3.05) is 19.5 Å². The van der Waals surface area contributed by atoms with E-state index in [-0.39, 0.29) is 44.4 Å². The Balaban J connectivity index is 1.60. The van der Waals surface area contributed by atoms with E-state index in [2.05, 4.69) is 15.6 Å². The number of nitrogens with zero attached hydrogens (tertiary/aromatic N) is 2. The minimum atomic E-state index is -1.20. The normalized spacial score (nSPS) is 16.3. The molecule has 49 heavy (non-hydrogen) atoms. The first kappa shape index (κ1) is 36.7. The number of phenolic OH excluding ortho intramolecular Hbond substituents is 1. The molecule has 1 aliphatic rings. The summed E-state index contributed by atoms with van der Waals surface area (Å²) in [6.07, 6.45) is 2.67. The Morgan fingerprint density at radius 3 is 2.41 bits per heavy atom. The van der Waals surface area contributed by atoms with Gasteiger partial charge in [-0.05, 0) is 55.0 Å². The molecule has 0 aliphatic carbocycles. The van der Waals surface area contributed by atoms with Crippen LogP contribution in [0, 0.1) is 0 Å². The van der Waals surface area contributed by atoms with Crippen LogP contribution in [0.15, 0.2) is 54.7 Å². The van der Waals surface area contributed by atoms with Gasteiger partial charge in [0, 0.05) is 50.0 Å². The van der Waals surface area contributed by atoms with Gasteiger partial charge in [-0.15, -0.1) is 11.6 Å². The van der Waals surface area contributed by atoms with E-state index in [1.807, 2.05) is 24.3 Å². The predicted molar refractivity (Wildman–Crippen MR) is 180 cm³/mol. The van der Waals surface area contributed by atoms with E-state index in [4.69, 9.17) is 17.3 Å². The zero-order valence-electron chi connectivity index (χ0n) is 27.1. The second-order valence-corrected chi connectivity index (χ2v) is 12.4. The Bertz CT molecular complexity index is 1680. The number of benzene rings is 2. The molecule has 0 saturated carbocycles. The number of hydrogen-bond donors (Lipinski definition) is 6. The lowest BCUT2D eigenvalue weighted by Gasteiger charge is -2.39. The minimum Gasteiger partial charge on any atom is -0.508 e. The monoisotopic (exact) mass is 696 g/mol. The zero-order valence-corrected chi connectivity index (χ0v) is 27.8. The topological polar surface area (TPSA) is 215 Å². The van der Waals surface area contributed by atoms with Crippen LogP contribution in [-0.4, -0.2) is 104 Å². The Kier molecular flexibility index (Phi) is 12.6. The van der Waals surface area contributed by atoms with Crippen molar-refractivity contribution in [3.8, 4) is 5.75 Å². The van der Waals surface area contributed by atoms with Crippen molar-refractivity contribution < 1.29 is 39.0 Å². The maximum absolute atomic E-state index is 14.0. The highest BCUT2D eigenvalue weighted by molar-refractivity contribution is 6.27.